The van der Waals surface area contributed by atoms with Gasteiger partial charge in [-0.3, -0.25) is 0 Å². The molecule has 0 bridgehead atoms. The fraction of sp³-hybridized carbons (Fsp3) is 0.105. The average molecular weight is 303 g/mol. The third-order valence-electron chi connectivity index (χ3n) is 3.87. The third kappa shape index (κ3) is 2.83. The molecule has 4 nitrogen and oxygen atoms in total. The molecule has 2 heterocycles. The van der Waals surface area contributed by atoms with E-state index in [0.717, 1.165) is 29.6 Å². The van der Waals surface area contributed by atoms with Gasteiger partial charge in [0.05, 0.1) is 12.4 Å². The average Bonchev–Trinajstić information content (AvgIpc) is 3.05. The van der Waals surface area contributed by atoms with Crippen LogP contribution in [0.2, 0.25) is 0 Å². The predicted octanol–water partition coefficient (Wildman–Crippen LogP) is 4.18. The first-order chi connectivity index (χ1) is 11.4. The SMILES string of the molecule is c1ccc(COc2ccc(N3CNc4cccnc43)cc2)cc1. The molecule has 0 unspecified atom stereocenters. The topological polar surface area (TPSA) is 37.4 Å². The summed E-state index contributed by atoms with van der Waals surface area (Å²) in [5, 5.41) is 3.34. The van der Waals surface area contributed by atoms with Gasteiger partial charge in [-0.25, -0.2) is 4.98 Å². The van der Waals surface area contributed by atoms with Crippen molar-refractivity contribution in [2.75, 3.05) is 16.9 Å². The number of hydrogen-bond donors (Lipinski definition) is 1. The van der Waals surface area contributed by atoms with Crippen molar-refractivity contribution in [1.82, 2.24) is 4.98 Å². The van der Waals surface area contributed by atoms with E-state index in [0.29, 0.717) is 6.61 Å². The van der Waals surface area contributed by atoms with Gasteiger partial charge in [0.15, 0.2) is 5.82 Å². The highest BCUT2D eigenvalue weighted by molar-refractivity contribution is 5.77. The first-order valence-corrected chi connectivity index (χ1v) is 7.63. The first kappa shape index (κ1) is 13.6. The Balaban J connectivity index is 1.47. The summed E-state index contributed by atoms with van der Waals surface area (Å²) in [6, 6.07) is 22.3. The van der Waals surface area contributed by atoms with E-state index in [2.05, 4.69) is 39.5 Å². The van der Waals surface area contributed by atoms with Crippen LogP contribution in [0, 0.1) is 0 Å². The van der Waals surface area contributed by atoms with Gasteiger partial charge in [-0.15, -0.1) is 0 Å². The molecule has 2 aromatic carbocycles. The monoisotopic (exact) mass is 303 g/mol. The van der Waals surface area contributed by atoms with E-state index in [-0.39, 0.29) is 0 Å². The first-order valence-electron chi connectivity index (χ1n) is 7.63. The van der Waals surface area contributed by atoms with Crippen LogP contribution in [0.15, 0.2) is 72.9 Å². The summed E-state index contributed by atoms with van der Waals surface area (Å²) in [7, 11) is 0. The Labute approximate surface area is 135 Å². The zero-order chi connectivity index (χ0) is 15.5. The van der Waals surface area contributed by atoms with Crippen molar-refractivity contribution in [2.24, 2.45) is 0 Å². The van der Waals surface area contributed by atoms with Crippen LogP contribution in [0.4, 0.5) is 17.2 Å². The summed E-state index contributed by atoms with van der Waals surface area (Å²) in [6.45, 7) is 1.31. The Morgan fingerprint density at radius 1 is 0.957 bits per heavy atom. The molecule has 114 valence electrons. The van der Waals surface area contributed by atoms with E-state index in [9.17, 15) is 0 Å². The number of nitrogens with zero attached hydrogens (tertiary/aromatic N) is 2. The summed E-state index contributed by atoms with van der Waals surface area (Å²) < 4.78 is 5.83. The molecule has 1 aromatic heterocycles. The molecule has 1 aliphatic heterocycles. The van der Waals surface area contributed by atoms with Crippen molar-refractivity contribution >= 4 is 17.2 Å². The van der Waals surface area contributed by atoms with Gasteiger partial charge in [-0.05, 0) is 42.0 Å². The maximum Gasteiger partial charge on any atom is 0.157 e. The highest BCUT2D eigenvalue weighted by Gasteiger charge is 2.20. The largest absolute Gasteiger partial charge is 0.489 e. The molecule has 0 radical (unpaired) electrons. The summed E-state index contributed by atoms with van der Waals surface area (Å²) >= 11 is 0. The van der Waals surface area contributed by atoms with Gasteiger partial charge in [-0.2, -0.15) is 0 Å². The molecule has 4 rings (SSSR count). The number of nitrogens with one attached hydrogen (secondary N) is 1. The smallest absolute Gasteiger partial charge is 0.157 e. The minimum atomic E-state index is 0.579. The van der Waals surface area contributed by atoms with Crippen molar-refractivity contribution in [3.05, 3.63) is 78.5 Å². The lowest BCUT2D eigenvalue weighted by molar-refractivity contribution is 0.306. The Bertz CT molecular complexity index is 787. The molecule has 1 N–H and O–H groups in total. The number of ether oxygens (including phenoxy) is 1. The number of aromatic nitrogens is 1. The zero-order valence-electron chi connectivity index (χ0n) is 12.6. The zero-order valence-corrected chi connectivity index (χ0v) is 12.6. The van der Waals surface area contributed by atoms with Gasteiger partial charge in [-0.1, -0.05) is 30.3 Å². The van der Waals surface area contributed by atoms with E-state index < -0.39 is 0 Å². The summed E-state index contributed by atoms with van der Waals surface area (Å²) in [5.74, 6) is 1.83. The summed E-state index contributed by atoms with van der Waals surface area (Å²) in [6.07, 6.45) is 1.82. The van der Waals surface area contributed by atoms with E-state index in [1.807, 2.05) is 48.7 Å². The van der Waals surface area contributed by atoms with Crippen LogP contribution in [0.1, 0.15) is 5.56 Å². The quantitative estimate of drug-likeness (QED) is 0.784. The van der Waals surface area contributed by atoms with Gasteiger partial charge in [0.2, 0.25) is 0 Å². The van der Waals surface area contributed by atoms with Gasteiger partial charge in [0.25, 0.3) is 0 Å². The van der Waals surface area contributed by atoms with Crippen LogP contribution in [0.5, 0.6) is 5.75 Å². The summed E-state index contributed by atoms with van der Waals surface area (Å²) in [5.41, 5.74) is 3.33. The van der Waals surface area contributed by atoms with Crippen LogP contribution < -0.4 is 15.0 Å². The second kappa shape index (κ2) is 6.01. The lowest BCUT2D eigenvalue weighted by Crippen LogP contribution is -2.16. The van der Waals surface area contributed by atoms with Gasteiger partial charge in [0, 0.05) is 11.9 Å². The molecule has 3 aromatic rings. The van der Waals surface area contributed by atoms with Crippen molar-refractivity contribution in [2.45, 2.75) is 6.61 Å². The molecule has 0 atom stereocenters. The minimum Gasteiger partial charge on any atom is -0.489 e. The Morgan fingerprint density at radius 3 is 2.61 bits per heavy atom. The molecule has 23 heavy (non-hydrogen) atoms. The number of pyridine rings is 1. The predicted molar refractivity (Wildman–Crippen MR) is 92.1 cm³/mol. The second-order valence-corrected chi connectivity index (χ2v) is 5.41. The van der Waals surface area contributed by atoms with Crippen molar-refractivity contribution < 1.29 is 4.74 Å². The van der Waals surface area contributed by atoms with Crippen LogP contribution in [-0.4, -0.2) is 11.7 Å². The molecule has 4 heteroatoms. The van der Waals surface area contributed by atoms with E-state index in [1.165, 1.54) is 5.56 Å². The molecule has 0 amide bonds. The van der Waals surface area contributed by atoms with E-state index in [4.69, 9.17) is 4.74 Å². The molecule has 0 spiro atoms. The maximum atomic E-state index is 5.83. The molecule has 0 aliphatic carbocycles. The normalized spacial score (nSPS) is 12.6. The van der Waals surface area contributed by atoms with E-state index >= 15 is 0 Å². The number of fused-ring (bicyclic) bond motifs is 1. The number of rotatable bonds is 4. The van der Waals surface area contributed by atoms with E-state index in [1.54, 1.807) is 0 Å². The molecule has 1 aliphatic rings. The van der Waals surface area contributed by atoms with Gasteiger partial charge >= 0.3 is 0 Å². The van der Waals surface area contributed by atoms with Crippen molar-refractivity contribution in [1.29, 1.82) is 0 Å². The second-order valence-electron chi connectivity index (χ2n) is 5.41. The number of hydrogen-bond acceptors (Lipinski definition) is 4. The standard InChI is InChI=1S/C19H17N3O/c1-2-5-15(6-3-1)13-23-17-10-8-16(9-11-17)22-14-21-18-7-4-12-20-19(18)22/h1-12,21H,13-14H2. The van der Waals surface area contributed by atoms with Crippen molar-refractivity contribution in [3.63, 3.8) is 0 Å². The third-order valence-corrected chi connectivity index (χ3v) is 3.87. The Morgan fingerprint density at radius 2 is 1.78 bits per heavy atom. The van der Waals surface area contributed by atoms with Crippen LogP contribution in [-0.2, 0) is 6.61 Å². The van der Waals surface area contributed by atoms with Gasteiger partial charge in [0.1, 0.15) is 12.4 Å². The molecule has 0 saturated heterocycles. The molecule has 0 saturated carbocycles. The lowest BCUT2D eigenvalue weighted by atomic mass is 10.2. The highest BCUT2D eigenvalue weighted by atomic mass is 16.5. The Hall–Kier alpha value is -3.01. The van der Waals surface area contributed by atoms with Crippen molar-refractivity contribution in [3.8, 4) is 5.75 Å². The number of benzene rings is 2. The van der Waals surface area contributed by atoms with Gasteiger partial charge < -0.3 is 15.0 Å². The molecular weight excluding hydrogens is 286 g/mol. The Kier molecular flexibility index (Phi) is 3.56. The molecular formula is C19H17N3O. The fourth-order valence-electron chi connectivity index (χ4n) is 2.67. The van der Waals surface area contributed by atoms with Crippen LogP contribution in [0.3, 0.4) is 0 Å². The number of anilines is 3. The minimum absolute atomic E-state index is 0.579. The van der Waals surface area contributed by atoms with Crippen LogP contribution in [0.25, 0.3) is 0 Å². The molecule has 0 fully saturated rings. The lowest BCUT2D eigenvalue weighted by Gasteiger charge is -2.17. The highest BCUT2D eigenvalue weighted by Crippen LogP contribution is 2.34. The maximum absolute atomic E-state index is 5.83. The fourth-order valence-corrected chi connectivity index (χ4v) is 2.67. The van der Waals surface area contributed by atoms with Crippen LogP contribution >= 0.6 is 0 Å². The summed E-state index contributed by atoms with van der Waals surface area (Å²) in [4.78, 5) is 6.60.